The number of hydrogen-bond donors (Lipinski definition) is 1. The van der Waals surface area contributed by atoms with Crippen molar-refractivity contribution in [3.05, 3.63) is 39.6 Å². The quantitative estimate of drug-likeness (QED) is 0.604. The molecule has 0 aliphatic heterocycles. The van der Waals surface area contributed by atoms with E-state index in [1.54, 1.807) is 6.07 Å². The number of alkyl halides is 3. The number of halogens is 4. The molecule has 0 radical (unpaired) electrons. The maximum atomic E-state index is 13.2. The minimum atomic E-state index is -4.55. The first-order valence-electron chi connectivity index (χ1n) is 8.05. The van der Waals surface area contributed by atoms with Crippen LogP contribution in [0.4, 0.5) is 24.8 Å². The van der Waals surface area contributed by atoms with Crippen molar-refractivity contribution in [3.63, 3.8) is 0 Å². The Morgan fingerprint density at radius 3 is 2.60 bits per heavy atom. The van der Waals surface area contributed by atoms with Crippen LogP contribution >= 0.6 is 22.6 Å². The second kappa shape index (κ2) is 7.76. The van der Waals surface area contributed by atoms with Gasteiger partial charge >= 0.3 is 6.18 Å². The molecule has 1 fully saturated rings. The standard InChI is InChI=1S/C17H17F3IN3O/c18-17(19,20)14-10-22-16(23-12-6-4-5-11(21)9-12)24-15(14)25-13-7-2-1-3-8-13/h4-6,9-10,13H,1-3,7-8H2,(H,22,23,24). The molecule has 1 saturated carbocycles. The SMILES string of the molecule is FC(F)(F)c1cnc(Nc2cccc(I)c2)nc1OC1CCCCC1. The Bertz CT molecular complexity index is 733. The van der Waals surface area contributed by atoms with Crippen LogP contribution in [0.3, 0.4) is 0 Å². The van der Waals surface area contributed by atoms with Crippen LogP contribution in [0.2, 0.25) is 0 Å². The van der Waals surface area contributed by atoms with Crippen LogP contribution in [-0.2, 0) is 6.18 Å². The van der Waals surface area contributed by atoms with Gasteiger partial charge in [-0.2, -0.15) is 18.2 Å². The maximum absolute atomic E-state index is 13.2. The van der Waals surface area contributed by atoms with E-state index < -0.39 is 17.6 Å². The summed E-state index contributed by atoms with van der Waals surface area (Å²) < 4.78 is 46.3. The van der Waals surface area contributed by atoms with E-state index in [1.807, 2.05) is 18.2 Å². The number of anilines is 2. The van der Waals surface area contributed by atoms with Crippen LogP contribution in [-0.4, -0.2) is 16.1 Å². The van der Waals surface area contributed by atoms with Gasteiger partial charge in [0.25, 0.3) is 0 Å². The zero-order chi connectivity index (χ0) is 17.9. The lowest BCUT2D eigenvalue weighted by Gasteiger charge is -2.24. The summed E-state index contributed by atoms with van der Waals surface area (Å²) in [6.45, 7) is 0. The van der Waals surface area contributed by atoms with Crippen LogP contribution in [0.15, 0.2) is 30.5 Å². The fourth-order valence-electron chi connectivity index (χ4n) is 2.75. The van der Waals surface area contributed by atoms with Crippen LogP contribution in [0.1, 0.15) is 37.7 Å². The molecule has 1 aliphatic carbocycles. The predicted octanol–water partition coefficient (Wildman–Crippen LogP) is 5.56. The molecular formula is C17H17F3IN3O. The van der Waals surface area contributed by atoms with Gasteiger partial charge in [-0.1, -0.05) is 12.5 Å². The molecule has 1 aliphatic rings. The van der Waals surface area contributed by atoms with Crippen molar-refractivity contribution in [3.8, 4) is 5.88 Å². The molecule has 4 nitrogen and oxygen atoms in total. The lowest BCUT2D eigenvalue weighted by atomic mass is 9.98. The van der Waals surface area contributed by atoms with Gasteiger partial charge in [-0.05, 0) is 66.5 Å². The Balaban J connectivity index is 1.86. The predicted molar refractivity (Wildman–Crippen MR) is 97.0 cm³/mol. The fraction of sp³-hybridized carbons (Fsp3) is 0.412. The fourth-order valence-corrected chi connectivity index (χ4v) is 3.29. The van der Waals surface area contributed by atoms with Crippen LogP contribution in [0, 0.1) is 3.57 Å². The summed E-state index contributed by atoms with van der Waals surface area (Å²) in [4.78, 5) is 7.79. The average molecular weight is 463 g/mol. The third-order valence-electron chi connectivity index (χ3n) is 3.97. The zero-order valence-electron chi connectivity index (χ0n) is 13.3. The van der Waals surface area contributed by atoms with Crippen molar-refractivity contribution in [2.24, 2.45) is 0 Å². The number of nitrogens with one attached hydrogen (secondary N) is 1. The molecule has 0 spiro atoms. The Labute approximate surface area is 157 Å². The maximum Gasteiger partial charge on any atom is 0.423 e. The van der Waals surface area contributed by atoms with E-state index in [9.17, 15) is 13.2 Å². The third-order valence-corrected chi connectivity index (χ3v) is 4.64. The lowest BCUT2D eigenvalue weighted by molar-refractivity contribution is -0.140. The number of aromatic nitrogens is 2. The first kappa shape index (κ1) is 18.2. The molecule has 25 heavy (non-hydrogen) atoms. The number of ether oxygens (including phenoxy) is 1. The highest BCUT2D eigenvalue weighted by Crippen LogP contribution is 2.36. The summed E-state index contributed by atoms with van der Waals surface area (Å²) in [5.74, 6) is -0.316. The number of nitrogens with zero attached hydrogens (tertiary/aromatic N) is 2. The van der Waals surface area contributed by atoms with Crippen molar-refractivity contribution < 1.29 is 17.9 Å². The second-order valence-corrected chi connectivity index (χ2v) is 7.17. The van der Waals surface area contributed by atoms with E-state index in [0.717, 1.165) is 41.9 Å². The minimum Gasteiger partial charge on any atom is -0.474 e. The molecule has 1 N–H and O–H groups in total. The van der Waals surface area contributed by atoms with Gasteiger partial charge in [0.2, 0.25) is 11.8 Å². The summed E-state index contributed by atoms with van der Waals surface area (Å²) in [5, 5.41) is 2.93. The van der Waals surface area contributed by atoms with E-state index >= 15 is 0 Å². The number of hydrogen-bond acceptors (Lipinski definition) is 4. The van der Waals surface area contributed by atoms with Gasteiger partial charge in [0.05, 0.1) is 0 Å². The van der Waals surface area contributed by atoms with E-state index in [4.69, 9.17) is 4.74 Å². The van der Waals surface area contributed by atoms with Crippen LogP contribution in [0.25, 0.3) is 0 Å². The highest BCUT2D eigenvalue weighted by Gasteiger charge is 2.37. The lowest BCUT2D eigenvalue weighted by Crippen LogP contribution is -2.22. The topological polar surface area (TPSA) is 47.0 Å². The molecule has 8 heteroatoms. The average Bonchev–Trinajstić information content (AvgIpc) is 2.55. The Morgan fingerprint density at radius 1 is 1.16 bits per heavy atom. The summed E-state index contributed by atoms with van der Waals surface area (Å²) in [7, 11) is 0. The molecule has 0 saturated heterocycles. The Morgan fingerprint density at radius 2 is 1.92 bits per heavy atom. The van der Waals surface area contributed by atoms with Gasteiger partial charge in [0, 0.05) is 15.5 Å². The summed E-state index contributed by atoms with van der Waals surface area (Å²) in [6.07, 6.45) is 0.522. The summed E-state index contributed by atoms with van der Waals surface area (Å²) in [6, 6.07) is 7.40. The van der Waals surface area contributed by atoms with Gasteiger partial charge in [0.15, 0.2) is 0 Å². The third kappa shape index (κ3) is 4.96. The smallest absolute Gasteiger partial charge is 0.423 e. The molecular weight excluding hydrogens is 446 g/mol. The molecule has 0 atom stereocenters. The normalized spacial score (nSPS) is 15.8. The highest BCUT2D eigenvalue weighted by molar-refractivity contribution is 14.1. The van der Waals surface area contributed by atoms with Crippen LogP contribution in [0.5, 0.6) is 5.88 Å². The molecule has 134 valence electrons. The molecule has 0 amide bonds. The minimum absolute atomic E-state index is 0.0841. The molecule has 1 heterocycles. The largest absolute Gasteiger partial charge is 0.474 e. The second-order valence-electron chi connectivity index (χ2n) is 5.92. The van der Waals surface area contributed by atoms with Crippen LogP contribution < -0.4 is 10.1 Å². The van der Waals surface area contributed by atoms with Crippen molar-refractivity contribution in [2.75, 3.05) is 5.32 Å². The number of benzene rings is 1. The highest BCUT2D eigenvalue weighted by atomic mass is 127. The van der Waals surface area contributed by atoms with Crippen molar-refractivity contribution in [1.29, 1.82) is 0 Å². The number of rotatable bonds is 4. The van der Waals surface area contributed by atoms with Gasteiger partial charge in [-0.3, -0.25) is 0 Å². The molecule has 0 bridgehead atoms. The van der Waals surface area contributed by atoms with Crippen molar-refractivity contribution in [1.82, 2.24) is 9.97 Å². The summed E-state index contributed by atoms with van der Waals surface area (Å²) in [5.41, 5.74) is -0.235. The first-order valence-corrected chi connectivity index (χ1v) is 9.13. The monoisotopic (exact) mass is 463 g/mol. The van der Waals surface area contributed by atoms with E-state index in [2.05, 4.69) is 37.9 Å². The van der Waals surface area contributed by atoms with Gasteiger partial charge in [-0.15, -0.1) is 0 Å². The van der Waals surface area contributed by atoms with E-state index in [0.29, 0.717) is 5.69 Å². The molecule has 3 rings (SSSR count). The molecule has 1 aromatic heterocycles. The van der Waals surface area contributed by atoms with Gasteiger partial charge in [0.1, 0.15) is 11.7 Å². The van der Waals surface area contributed by atoms with Gasteiger partial charge < -0.3 is 10.1 Å². The molecule has 1 aromatic carbocycles. The first-order chi connectivity index (χ1) is 11.9. The van der Waals surface area contributed by atoms with E-state index in [1.165, 1.54) is 0 Å². The van der Waals surface area contributed by atoms with Gasteiger partial charge in [-0.25, -0.2) is 4.98 Å². The molecule has 2 aromatic rings. The zero-order valence-corrected chi connectivity index (χ0v) is 15.5. The Hall–Kier alpha value is -1.58. The van der Waals surface area contributed by atoms with E-state index in [-0.39, 0.29) is 12.1 Å². The molecule has 0 unspecified atom stereocenters. The summed E-state index contributed by atoms with van der Waals surface area (Å²) >= 11 is 2.15. The Kier molecular flexibility index (Phi) is 5.65. The van der Waals surface area contributed by atoms with Crippen molar-refractivity contribution in [2.45, 2.75) is 44.4 Å². The van der Waals surface area contributed by atoms with Crippen molar-refractivity contribution >= 4 is 34.2 Å².